The van der Waals surface area contributed by atoms with Crippen molar-refractivity contribution < 1.29 is 74.0 Å². The van der Waals surface area contributed by atoms with Gasteiger partial charge in [0.05, 0.1) is 13.0 Å². The lowest BCUT2D eigenvalue weighted by molar-refractivity contribution is -0.132. The number of nitrogens with one attached hydrogen (secondary N) is 5. The van der Waals surface area contributed by atoms with Crippen molar-refractivity contribution in [1.82, 2.24) is 47.2 Å². The summed E-state index contributed by atoms with van der Waals surface area (Å²) in [5.74, 6) is -0.691. The van der Waals surface area contributed by atoms with Crippen LogP contribution in [0.2, 0.25) is 0 Å². The molecule has 6 amide bonds. The van der Waals surface area contributed by atoms with Crippen LogP contribution in [0.5, 0.6) is 0 Å². The minimum absolute atomic E-state index is 0.0398. The maximum absolute atomic E-state index is 13.0. The molecule has 0 saturated carbocycles. The van der Waals surface area contributed by atoms with E-state index in [2.05, 4.69) is 80.5 Å². The molecule has 3 heterocycles. The highest BCUT2D eigenvalue weighted by Crippen LogP contribution is 2.27. The van der Waals surface area contributed by atoms with Gasteiger partial charge in [0.1, 0.15) is 29.0 Å². The van der Waals surface area contributed by atoms with E-state index < -0.39 is 29.5 Å². The number of nitrogens with zero attached hydrogens (tertiary/aromatic N) is 6. The number of anilines is 1. The van der Waals surface area contributed by atoms with E-state index in [9.17, 15) is 47.9 Å². The van der Waals surface area contributed by atoms with Gasteiger partial charge in [-0.2, -0.15) is 0 Å². The van der Waals surface area contributed by atoms with Gasteiger partial charge >= 0.3 is 0 Å². The van der Waals surface area contributed by atoms with Crippen LogP contribution >= 0.6 is 0 Å². The van der Waals surface area contributed by atoms with E-state index in [-0.39, 0.29) is 53.3 Å². The molecule has 0 spiro atoms. The molecular weight excluding hydrogens is 1630 g/mol. The largest absolute Gasteiger partial charge is 0.378 e. The monoisotopic (exact) mass is 1770 g/mol. The molecule has 10 rings (SSSR count). The van der Waals surface area contributed by atoms with Crippen molar-refractivity contribution >= 4 is 70.5 Å². The van der Waals surface area contributed by atoms with Crippen LogP contribution in [0.3, 0.4) is 0 Å². The average molecular weight is 1770 g/mol. The van der Waals surface area contributed by atoms with Crippen LogP contribution in [0.1, 0.15) is 278 Å². The maximum Gasteiger partial charge on any atom is 0.274 e. The zero-order valence-corrected chi connectivity index (χ0v) is 76.9. The summed E-state index contributed by atoms with van der Waals surface area (Å²) >= 11 is 0. The van der Waals surface area contributed by atoms with Crippen molar-refractivity contribution in [2.75, 3.05) is 45.2 Å². The van der Waals surface area contributed by atoms with Crippen LogP contribution in [0.15, 0.2) is 187 Å². The van der Waals surface area contributed by atoms with Crippen LogP contribution in [0.4, 0.5) is 5.69 Å². The standard InChI is InChI=1S/C23H26N2O3.C23H30N2O3.C20H31N3O3.C19H23N3O3.C18H27NO3/c1-2-3-4-19(11-16-5-8-18(9-6-16)23(27)25-28)22(26)13-17-7-10-20-14-24-15-21(20)12-17;1-4-5-8-20(14-17-10-12-19(13-11-17)23(27)24-28)22(26)16-18-7-6-9-21(15-18)25(2)3;1-2-3-15-23(19(24)7-6-14-22-12-4-5-13-22)16-17-8-10-18(11-9-17)20(25)21-26;1-2-3-5-16(17(23)13-18-20-10-4-11-21-18)12-14-6-8-15(9-7-14)19(24)22-25;1-4-5-6-16(17(20)11-13(2)3)12-14-7-9-15(10-8-14)18(21)19-22/h5-10,12,14,19,28H,2-4,11,13,15H2,1H3,(H,25,27);6-7,9-13,15,20,28H,4-5,8,14,16H2,1-3H3,(H,24,27);8-11,26H,2-7,12-16H2,1H3,(H,21,25);4,6-11,16,25H,2-3,5,12-13H2,1H3,(H,22,24);7-10,13,16,22H,4-6,11-12H2,1-3H3,(H,19,21). The van der Waals surface area contributed by atoms with Crippen LogP contribution in [-0.2, 0) is 82.0 Å². The topological polar surface area (TPSA) is 380 Å². The van der Waals surface area contributed by atoms with Gasteiger partial charge in [0.2, 0.25) is 5.91 Å². The quantitative estimate of drug-likeness (QED) is 0.0125. The van der Waals surface area contributed by atoms with Gasteiger partial charge < -0.3 is 14.7 Å². The van der Waals surface area contributed by atoms with Crippen molar-refractivity contribution in [1.29, 1.82) is 0 Å². The molecular formula is C103H137N11O15. The number of hydrogen-bond acceptors (Lipinski definition) is 20. The lowest BCUT2D eigenvalue weighted by atomic mass is 9.87. The molecule has 1 saturated heterocycles. The van der Waals surface area contributed by atoms with E-state index in [4.69, 9.17) is 26.0 Å². The summed E-state index contributed by atoms with van der Waals surface area (Å²) in [4.78, 5) is 140. The van der Waals surface area contributed by atoms with Crippen LogP contribution < -0.4 is 32.3 Å². The molecule has 2 aliphatic heterocycles. The Labute approximate surface area is 761 Å². The number of Topliss-reactive ketones (excluding diaryl/α,β-unsaturated/α-hetero) is 4. The van der Waals surface area contributed by atoms with Gasteiger partial charge in [-0.1, -0.05) is 197 Å². The third-order valence-electron chi connectivity index (χ3n) is 23.0. The van der Waals surface area contributed by atoms with E-state index >= 15 is 0 Å². The number of hydrogen-bond donors (Lipinski definition) is 10. The number of ketones is 4. The fourth-order valence-electron chi connectivity index (χ4n) is 15.4. The Kier molecular flexibility index (Phi) is 48.9. The zero-order valence-electron chi connectivity index (χ0n) is 76.9. The molecule has 694 valence electrons. The predicted octanol–water partition coefficient (Wildman–Crippen LogP) is 17.3. The van der Waals surface area contributed by atoms with Crippen molar-refractivity contribution in [3.8, 4) is 0 Å². The summed E-state index contributed by atoms with van der Waals surface area (Å²) in [5.41, 5.74) is 20.6. The molecule has 129 heavy (non-hydrogen) atoms. The molecule has 2 aliphatic rings. The van der Waals surface area contributed by atoms with Crippen molar-refractivity contribution in [3.63, 3.8) is 0 Å². The molecule has 10 N–H and O–H groups in total. The third-order valence-corrected chi connectivity index (χ3v) is 23.0. The number of aromatic nitrogens is 2. The molecule has 1 aromatic heterocycles. The highest BCUT2D eigenvalue weighted by atomic mass is 16.5. The van der Waals surface area contributed by atoms with Gasteiger partial charge in [0, 0.05) is 129 Å². The highest BCUT2D eigenvalue weighted by Gasteiger charge is 2.26. The van der Waals surface area contributed by atoms with Gasteiger partial charge in [0.15, 0.2) is 0 Å². The fourth-order valence-corrected chi connectivity index (χ4v) is 15.4. The van der Waals surface area contributed by atoms with Crippen LogP contribution in [0, 0.1) is 29.6 Å². The highest BCUT2D eigenvalue weighted by molar-refractivity contribution is 5.96. The lowest BCUT2D eigenvalue weighted by Crippen LogP contribution is -2.32. The first-order valence-corrected chi connectivity index (χ1v) is 45.7. The van der Waals surface area contributed by atoms with Crippen molar-refractivity contribution in [2.24, 2.45) is 34.6 Å². The Balaban J connectivity index is 0.000000249. The van der Waals surface area contributed by atoms with Gasteiger partial charge in [-0.05, 0) is 232 Å². The molecule has 7 aromatic carbocycles. The second-order valence-electron chi connectivity index (χ2n) is 33.9. The Bertz CT molecular complexity index is 4770. The van der Waals surface area contributed by atoms with Gasteiger partial charge in [-0.3, -0.25) is 79.0 Å². The molecule has 8 aromatic rings. The maximum atomic E-state index is 13.0. The van der Waals surface area contributed by atoms with E-state index in [1.807, 2.05) is 121 Å². The first-order valence-electron chi connectivity index (χ1n) is 45.7. The number of carbonyl (C=O) groups excluding carboxylic acids is 10. The number of unbranched alkanes of at least 4 members (excludes halogenated alkanes) is 5. The van der Waals surface area contributed by atoms with Crippen LogP contribution in [0.25, 0.3) is 0 Å². The number of likely N-dealkylation sites (tertiary alicyclic amines) is 1. The summed E-state index contributed by atoms with van der Waals surface area (Å²) in [6.07, 6.45) is 27.4. The summed E-state index contributed by atoms with van der Waals surface area (Å²) in [7, 11) is 3.98. The first kappa shape index (κ1) is 106. The first-order chi connectivity index (χ1) is 62.3. The third kappa shape index (κ3) is 38.7. The molecule has 26 nitrogen and oxygen atoms in total. The SMILES string of the molecule is CCCCC(Cc1ccc(C(=O)NO)cc1)C(=O)CC(C)C.CCCCC(Cc1ccc(C(=O)NO)cc1)C(=O)Cc1ccc2c(c1)CN=C2.CCCCC(Cc1ccc(C(=O)NO)cc1)C(=O)Cc1cccc(N(C)C)c1.CCCCC(Cc1ccc(C(=O)NO)cc1)C(=O)Cc1ncccn1.CCCCN(Cc1ccc(C(=O)NO)cc1)C(=O)CCCN1CCCC1. The Morgan fingerprint density at radius 3 is 1.15 bits per heavy atom. The number of rotatable bonds is 47. The van der Waals surface area contributed by atoms with E-state index in [1.54, 1.807) is 107 Å². The predicted molar refractivity (Wildman–Crippen MR) is 502 cm³/mol. The summed E-state index contributed by atoms with van der Waals surface area (Å²) in [6, 6.07) is 51.0. The van der Waals surface area contributed by atoms with Gasteiger partial charge in [-0.25, -0.2) is 37.4 Å². The number of benzene rings is 7. The second-order valence-corrected chi connectivity index (χ2v) is 33.9. The van der Waals surface area contributed by atoms with Gasteiger partial charge in [-0.15, -0.1) is 0 Å². The molecule has 0 radical (unpaired) electrons. The molecule has 0 aliphatic carbocycles. The second kappa shape index (κ2) is 59.5. The molecule has 4 unspecified atom stereocenters. The normalized spacial score (nSPS) is 12.7. The Morgan fingerprint density at radius 2 is 0.775 bits per heavy atom. The average Bonchev–Trinajstić information content (AvgIpc) is 1.77. The van der Waals surface area contributed by atoms with Crippen molar-refractivity contribution in [3.05, 3.63) is 266 Å². The van der Waals surface area contributed by atoms with E-state index in [1.165, 1.54) is 31.5 Å². The lowest BCUT2D eigenvalue weighted by Gasteiger charge is -2.23. The minimum Gasteiger partial charge on any atom is -0.378 e. The number of hydroxylamine groups is 5. The minimum atomic E-state index is -0.550. The molecule has 0 bridgehead atoms. The molecule has 26 heteroatoms. The van der Waals surface area contributed by atoms with E-state index in [0.717, 1.165) is 160 Å². The summed E-state index contributed by atoms with van der Waals surface area (Å²) in [6.45, 7) is 20.1. The fraction of sp³-hybridized carbons (Fsp3) is 0.447. The molecule has 1 fully saturated rings. The van der Waals surface area contributed by atoms with Gasteiger partial charge in [0.25, 0.3) is 29.5 Å². The summed E-state index contributed by atoms with van der Waals surface area (Å²) in [5, 5.41) is 43.4. The number of carbonyl (C=O) groups is 10. The number of fused-ring (bicyclic) bond motifs is 1. The number of amides is 6. The molecule has 4 atom stereocenters. The summed E-state index contributed by atoms with van der Waals surface area (Å²) < 4.78 is 0. The number of aliphatic imine (C=N–C) groups is 1. The zero-order chi connectivity index (χ0) is 93.8. The Morgan fingerprint density at radius 1 is 0.411 bits per heavy atom. The van der Waals surface area contributed by atoms with E-state index in [0.29, 0.717) is 110 Å². The smallest absolute Gasteiger partial charge is 0.274 e. The van der Waals surface area contributed by atoms with Crippen molar-refractivity contribution in [2.45, 2.75) is 228 Å². The van der Waals surface area contributed by atoms with Crippen LogP contribution in [-0.4, -0.2) is 151 Å². The Hall–Kier alpha value is -11.7.